The third kappa shape index (κ3) is 18.0. The van der Waals surface area contributed by atoms with Crippen LogP contribution < -0.4 is 44.2 Å². The number of likely N-dealkylation sites (tertiary alicyclic amines) is 3. The van der Waals surface area contributed by atoms with Gasteiger partial charge in [0, 0.05) is 203 Å². The second kappa shape index (κ2) is 36.0. The molecule has 10 aliphatic rings. The van der Waals surface area contributed by atoms with Crippen LogP contribution >= 0.6 is 0 Å². The lowest BCUT2D eigenvalue weighted by atomic mass is 10.0. The number of carbonyl (C=O) groups is 3. The number of piperidine rings is 1. The predicted molar refractivity (Wildman–Crippen MR) is 477 cm³/mol. The van der Waals surface area contributed by atoms with Crippen molar-refractivity contribution in [2.24, 2.45) is 0 Å². The number of hydrogen-bond donors (Lipinski definition) is 4. The third-order valence-electron chi connectivity index (χ3n) is 26.5. The SMILES string of the molecule is C=CC(=O)N1CCN(c2nc(NC3CCN(C4CC4)CC3)nc3c2CCN(c2cc(O)cc4ccccc24)C3)CC1.C=CC(=O)N1CCN(c2nc(OC[C@@H]3CCCN3C)nc3c2CCN(c2cc(O)cc4ccccc24)C3)[C@@H](C)C1.C=CC(=O)N1CCN(c2nc(OC[C@H]3CCCN3C)nc3c2CCN(c2cc(O)cc4ccccc24)C3)[C@@H](C)C1. The lowest BCUT2D eigenvalue weighted by molar-refractivity contribution is -0.127. The number of nitrogens with one attached hydrogen (secondary N) is 1. The number of aromatic nitrogens is 6. The Morgan fingerprint density at radius 2 is 0.835 bits per heavy atom. The van der Waals surface area contributed by atoms with Gasteiger partial charge >= 0.3 is 12.0 Å². The number of phenols is 3. The molecule has 0 unspecified atom stereocenters. The highest BCUT2D eigenvalue weighted by molar-refractivity contribution is 5.98. The minimum Gasteiger partial charge on any atom is -0.508 e. The Labute approximate surface area is 709 Å². The van der Waals surface area contributed by atoms with E-state index in [1.54, 1.807) is 12.1 Å². The number of benzene rings is 6. The molecule has 6 aromatic carbocycles. The van der Waals surface area contributed by atoms with Crippen LogP contribution in [0.2, 0.25) is 0 Å². The van der Waals surface area contributed by atoms with Gasteiger partial charge in [0.2, 0.25) is 23.7 Å². The Balaban J connectivity index is 0.000000129. The van der Waals surface area contributed by atoms with Crippen LogP contribution in [0, 0.1) is 0 Å². The van der Waals surface area contributed by atoms with Crippen LogP contribution in [0.3, 0.4) is 0 Å². The van der Waals surface area contributed by atoms with Crippen molar-refractivity contribution < 1.29 is 39.2 Å². The van der Waals surface area contributed by atoms with Crippen molar-refractivity contribution in [2.75, 3.05) is 173 Å². The topological polar surface area (TPSA) is 259 Å². The smallest absolute Gasteiger partial charge is 0.318 e. The maximum Gasteiger partial charge on any atom is 0.318 e. The Morgan fingerprint density at radius 3 is 1.23 bits per heavy atom. The van der Waals surface area contributed by atoms with Gasteiger partial charge in [-0.05, 0) is 164 Å². The summed E-state index contributed by atoms with van der Waals surface area (Å²) in [5.41, 5.74) is 9.46. The molecular formula is C94H115N19O8. The highest BCUT2D eigenvalue weighted by atomic mass is 16.5. The van der Waals surface area contributed by atoms with Gasteiger partial charge in [0.15, 0.2) is 0 Å². The fourth-order valence-electron chi connectivity index (χ4n) is 19.6. The van der Waals surface area contributed by atoms with Crippen LogP contribution in [0.25, 0.3) is 32.3 Å². The van der Waals surface area contributed by atoms with Crippen molar-refractivity contribution in [1.82, 2.24) is 59.3 Å². The van der Waals surface area contributed by atoms with E-state index in [4.69, 9.17) is 39.4 Å². The normalized spacial score (nSPS) is 21.1. The van der Waals surface area contributed by atoms with E-state index in [0.717, 1.165) is 205 Å². The largest absolute Gasteiger partial charge is 0.508 e. The van der Waals surface area contributed by atoms with Crippen LogP contribution in [-0.4, -0.2) is 267 Å². The first-order valence-corrected chi connectivity index (χ1v) is 43.7. The molecule has 4 atom stereocenters. The lowest BCUT2D eigenvalue weighted by Crippen LogP contribution is -2.54. The summed E-state index contributed by atoms with van der Waals surface area (Å²) in [6, 6.07) is 38.5. The predicted octanol–water partition coefficient (Wildman–Crippen LogP) is 11.0. The Hall–Kier alpha value is -11.6. The molecule has 27 nitrogen and oxygen atoms in total. The summed E-state index contributed by atoms with van der Waals surface area (Å²) in [5, 5.41) is 41.6. The van der Waals surface area contributed by atoms with Crippen LogP contribution in [0.15, 0.2) is 147 Å². The fourth-order valence-corrected chi connectivity index (χ4v) is 19.6. The molecular weight excluding hydrogens is 1520 g/mol. The fraction of sp³-hybridized carbons (Fsp3) is 0.457. The summed E-state index contributed by atoms with van der Waals surface area (Å²) in [6.45, 7) is 31.7. The van der Waals surface area contributed by atoms with Crippen LogP contribution in [0.4, 0.5) is 40.5 Å². The van der Waals surface area contributed by atoms with Crippen molar-refractivity contribution in [2.45, 2.75) is 140 Å². The van der Waals surface area contributed by atoms with Gasteiger partial charge in [0.1, 0.15) is 47.9 Å². The summed E-state index contributed by atoms with van der Waals surface area (Å²) in [6.07, 6.45) is 16.1. The van der Waals surface area contributed by atoms with E-state index in [0.29, 0.717) is 121 Å². The number of amides is 3. The average molecular weight is 1640 g/mol. The molecule has 1 aliphatic carbocycles. The number of anilines is 7. The zero-order valence-electron chi connectivity index (χ0n) is 70.5. The van der Waals surface area contributed by atoms with Crippen molar-refractivity contribution in [3.63, 3.8) is 0 Å². The molecule has 6 saturated heterocycles. The highest BCUT2D eigenvalue weighted by Gasteiger charge is 2.38. The van der Waals surface area contributed by atoms with E-state index < -0.39 is 0 Å². The molecule has 3 amide bonds. The van der Waals surface area contributed by atoms with Crippen molar-refractivity contribution in [1.29, 1.82) is 0 Å². The molecule has 9 aliphatic heterocycles. The molecule has 12 heterocycles. The van der Waals surface area contributed by atoms with E-state index in [1.807, 2.05) is 93.6 Å². The van der Waals surface area contributed by atoms with Gasteiger partial charge in [0.25, 0.3) is 0 Å². The Bertz CT molecular complexity index is 5130. The molecule has 3 aromatic heterocycles. The van der Waals surface area contributed by atoms with Gasteiger partial charge in [-0.2, -0.15) is 24.9 Å². The zero-order chi connectivity index (χ0) is 83.5. The number of likely N-dealkylation sites (N-methyl/N-ethyl adjacent to an activating group) is 2. The summed E-state index contributed by atoms with van der Waals surface area (Å²) < 4.78 is 12.5. The van der Waals surface area contributed by atoms with Gasteiger partial charge < -0.3 is 88.9 Å². The minimum atomic E-state index is -0.0325. The van der Waals surface area contributed by atoms with E-state index >= 15 is 0 Å². The zero-order valence-corrected chi connectivity index (χ0v) is 70.5. The first kappa shape index (κ1) is 81.8. The monoisotopic (exact) mass is 1640 g/mol. The van der Waals surface area contributed by atoms with E-state index in [1.165, 1.54) is 49.5 Å². The third-order valence-corrected chi connectivity index (χ3v) is 26.5. The van der Waals surface area contributed by atoms with Gasteiger partial charge in [-0.25, -0.2) is 4.98 Å². The maximum absolute atomic E-state index is 12.3. The summed E-state index contributed by atoms with van der Waals surface area (Å²) in [7, 11) is 4.28. The van der Waals surface area contributed by atoms with Crippen molar-refractivity contribution >= 4 is 90.5 Å². The Morgan fingerprint density at radius 1 is 0.438 bits per heavy atom. The van der Waals surface area contributed by atoms with Gasteiger partial charge in [-0.15, -0.1) is 0 Å². The number of piperazine rings is 3. The first-order valence-electron chi connectivity index (χ1n) is 43.7. The second-order valence-corrected chi connectivity index (χ2v) is 34.3. The number of rotatable bonds is 18. The Kier molecular flexibility index (Phi) is 24.3. The number of ether oxygens (including phenoxy) is 2. The van der Waals surface area contributed by atoms with Crippen LogP contribution in [0.5, 0.6) is 29.3 Å². The van der Waals surface area contributed by atoms with E-state index in [-0.39, 0.29) is 47.1 Å². The number of hydrogen-bond acceptors (Lipinski definition) is 24. The molecule has 1 saturated carbocycles. The van der Waals surface area contributed by atoms with Gasteiger partial charge in [-0.1, -0.05) is 92.5 Å². The molecule has 634 valence electrons. The lowest BCUT2D eigenvalue weighted by Gasteiger charge is -2.42. The number of phenolic OH excluding ortho intramolecular Hbond substituents is 3. The second-order valence-electron chi connectivity index (χ2n) is 34.3. The number of carbonyl (C=O) groups excluding carboxylic acids is 3. The average Bonchev–Trinajstić information content (AvgIpc) is 1.60. The molecule has 9 aromatic rings. The minimum absolute atomic E-state index is 0.0109. The number of aromatic hydroxyl groups is 3. The first-order chi connectivity index (χ1) is 58.9. The number of fused-ring (bicyclic) bond motifs is 6. The summed E-state index contributed by atoms with van der Waals surface area (Å²) in [5.74, 6) is 4.25. The van der Waals surface area contributed by atoms with E-state index in [9.17, 15) is 29.7 Å². The van der Waals surface area contributed by atoms with Gasteiger partial charge in [0.05, 0.1) is 36.7 Å². The molecule has 7 fully saturated rings. The molecule has 19 rings (SSSR count). The molecule has 27 heteroatoms. The van der Waals surface area contributed by atoms with Crippen LogP contribution in [-0.2, 0) is 53.3 Å². The van der Waals surface area contributed by atoms with E-state index in [2.05, 4.69) is 115 Å². The van der Waals surface area contributed by atoms with Crippen molar-refractivity contribution in [3.8, 4) is 29.3 Å². The molecule has 121 heavy (non-hydrogen) atoms. The molecule has 4 N–H and O–H groups in total. The maximum atomic E-state index is 12.3. The summed E-state index contributed by atoms with van der Waals surface area (Å²) >= 11 is 0. The quantitative estimate of drug-likeness (QED) is 0.0582. The highest BCUT2D eigenvalue weighted by Crippen LogP contribution is 2.43. The van der Waals surface area contributed by atoms with Crippen molar-refractivity contribution in [3.05, 3.63) is 181 Å². The summed E-state index contributed by atoms with van der Waals surface area (Å²) in [4.78, 5) is 93.6. The van der Waals surface area contributed by atoms with Crippen LogP contribution in [0.1, 0.15) is 99.0 Å². The molecule has 0 radical (unpaired) electrons. The number of nitrogens with zero attached hydrogens (tertiary/aromatic N) is 18. The molecule has 0 spiro atoms. The van der Waals surface area contributed by atoms with Gasteiger partial charge in [-0.3, -0.25) is 14.4 Å². The molecule has 0 bridgehead atoms. The standard InChI is InChI=1S/C32H39N7O2.2C31H38N6O3/c1-2-30(41)37-15-17-38(18-16-37)31-27-11-14-39(29-20-25(40)19-22-5-3-4-6-26(22)29)21-28(27)34-32(35-31)33-23-9-12-36(13-10-23)24-7-8-24;2*1-4-29(39)36-14-15-37(21(2)18-36)30-26-11-13-35(28-17-24(38)16-22-8-5-6-10-25(22)28)19-27(26)32-31(33-30)40-20-23-9-7-12-34(23)3/h2-6,19-20,23-24,40H,1,7-18,21H2,(H,33,34,35);2*4-6,8,10,16-17,21,23,38H,1,7,9,11-15,18-20H2,2-3H3/t;21-,23+;21-,23-/m.00/s1.